The van der Waals surface area contributed by atoms with E-state index in [0.717, 1.165) is 38.0 Å². The van der Waals surface area contributed by atoms with Crippen LogP contribution in [0.3, 0.4) is 0 Å². The molecule has 19 heavy (non-hydrogen) atoms. The molecule has 0 saturated carbocycles. The van der Waals surface area contributed by atoms with E-state index in [9.17, 15) is 4.39 Å². The topological polar surface area (TPSA) is 15.3 Å². The van der Waals surface area contributed by atoms with Gasteiger partial charge in [-0.1, -0.05) is 31.5 Å². The fourth-order valence-electron chi connectivity index (χ4n) is 2.67. The minimum absolute atomic E-state index is 0.271. The van der Waals surface area contributed by atoms with Crippen LogP contribution in [0, 0.1) is 5.82 Å². The number of nitrogens with zero attached hydrogens (tertiary/aromatic N) is 1. The number of halogens is 2. The van der Waals surface area contributed by atoms with Gasteiger partial charge in [-0.05, 0) is 30.5 Å². The van der Waals surface area contributed by atoms with Gasteiger partial charge in [0.15, 0.2) is 0 Å². The quantitative estimate of drug-likeness (QED) is 0.911. The molecule has 0 bridgehead atoms. The molecule has 2 nitrogen and oxygen atoms in total. The van der Waals surface area contributed by atoms with Gasteiger partial charge in [-0.2, -0.15) is 0 Å². The molecule has 2 rings (SSSR count). The highest BCUT2D eigenvalue weighted by molar-refractivity contribution is 6.31. The standard InChI is InChI=1S/C15H22ClFN2/c1-3-13-10-19(14(4-2)8-18-13)9-11-5-6-12(17)7-15(11)16/h5-7,13-14,18H,3-4,8-10H2,1-2H3. The Balaban J connectivity index is 2.09. The minimum Gasteiger partial charge on any atom is -0.311 e. The lowest BCUT2D eigenvalue weighted by Crippen LogP contribution is -2.55. The summed E-state index contributed by atoms with van der Waals surface area (Å²) in [6, 6.07) is 5.76. The lowest BCUT2D eigenvalue weighted by atomic mass is 10.0. The smallest absolute Gasteiger partial charge is 0.124 e. The number of benzene rings is 1. The van der Waals surface area contributed by atoms with Crippen molar-refractivity contribution in [1.29, 1.82) is 0 Å². The number of hydrogen-bond donors (Lipinski definition) is 1. The first-order valence-corrected chi connectivity index (χ1v) is 7.43. The van der Waals surface area contributed by atoms with Crippen molar-refractivity contribution in [3.8, 4) is 0 Å². The molecule has 2 atom stereocenters. The van der Waals surface area contributed by atoms with Crippen molar-refractivity contribution in [2.24, 2.45) is 0 Å². The minimum atomic E-state index is -0.271. The molecule has 1 saturated heterocycles. The van der Waals surface area contributed by atoms with E-state index in [1.54, 1.807) is 6.07 Å². The van der Waals surface area contributed by atoms with Crippen molar-refractivity contribution >= 4 is 11.6 Å². The van der Waals surface area contributed by atoms with E-state index in [0.29, 0.717) is 17.1 Å². The molecule has 1 aromatic carbocycles. The summed E-state index contributed by atoms with van der Waals surface area (Å²) in [7, 11) is 0. The average Bonchev–Trinajstić information content (AvgIpc) is 2.41. The maximum atomic E-state index is 13.1. The Morgan fingerprint density at radius 3 is 2.79 bits per heavy atom. The van der Waals surface area contributed by atoms with Crippen LogP contribution in [-0.4, -0.2) is 30.1 Å². The zero-order valence-corrected chi connectivity index (χ0v) is 12.4. The Morgan fingerprint density at radius 1 is 1.37 bits per heavy atom. The van der Waals surface area contributed by atoms with Crippen molar-refractivity contribution in [2.45, 2.75) is 45.3 Å². The Hall–Kier alpha value is -0.640. The molecule has 106 valence electrons. The van der Waals surface area contributed by atoms with E-state index in [2.05, 4.69) is 24.1 Å². The van der Waals surface area contributed by atoms with Gasteiger partial charge in [0.25, 0.3) is 0 Å². The molecular formula is C15H22ClFN2. The Labute approximate surface area is 119 Å². The van der Waals surface area contributed by atoms with Crippen LogP contribution >= 0.6 is 11.6 Å². The van der Waals surface area contributed by atoms with E-state index >= 15 is 0 Å². The van der Waals surface area contributed by atoms with Crippen LogP contribution < -0.4 is 5.32 Å². The highest BCUT2D eigenvalue weighted by atomic mass is 35.5. The van der Waals surface area contributed by atoms with E-state index in [1.807, 2.05) is 0 Å². The highest BCUT2D eigenvalue weighted by Gasteiger charge is 2.26. The molecule has 1 aromatic rings. The predicted octanol–water partition coefficient (Wildman–Crippen LogP) is 3.44. The third-order valence-electron chi connectivity index (χ3n) is 3.97. The normalized spacial score (nSPS) is 24.6. The second-order valence-electron chi connectivity index (χ2n) is 5.24. The van der Waals surface area contributed by atoms with Crippen LogP contribution in [0.2, 0.25) is 5.02 Å². The summed E-state index contributed by atoms with van der Waals surface area (Å²) in [5, 5.41) is 4.10. The zero-order valence-electron chi connectivity index (χ0n) is 11.6. The maximum Gasteiger partial charge on any atom is 0.124 e. The monoisotopic (exact) mass is 284 g/mol. The van der Waals surface area contributed by atoms with Crippen molar-refractivity contribution in [3.63, 3.8) is 0 Å². The SMILES string of the molecule is CCC1CN(Cc2ccc(F)cc2Cl)C(CC)CN1. The van der Waals surface area contributed by atoms with E-state index in [-0.39, 0.29) is 5.82 Å². The second-order valence-corrected chi connectivity index (χ2v) is 5.65. The van der Waals surface area contributed by atoms with Crippen molar-refractivity contribution < 1.29 is 4.39 Å². The van der Waals surface area contributed by atoms with Gasteiger partial charge in [-0.3, -0.25) is 4.90 Å². The predicted molar refractivity (Wildman–Crippen MR) is 78.0 cm³/mol. The van der Waals surface area contributed by atoms with Gasteiger partial charge in [-0.25, -0.2) is 4.39 Å². The van der Waals surface area contributed by atoms with Crippen LogP contribution in [0.4, 0.5) is 4.39 Å². The molecule has 1 aliphatic rings. The first-order valence-electron chi connectivity index (χ1n) is 7.05. The summed E-state index contributed by atoms with van der Waals surface area (Å²) >= 11 is 6.13. The molecule has 0 aromatic heterocycles. The first-order chi connectivity index (χ1) is 9.13. The third-order valence-corrected chi connectivity index (χ3v) is 4.32. The fourth-order valence-corrected chi connectivity index (χ4v) is 2.89. The van der Waals surface area contributed by atoms with Gasteiger partial charge in [0.05, 0.1) is 0 Å². The van der Waals surface area contributed by atoms with Gasteiger partial charge in [0.1, 0.15) is 5.82 Å². The number of piperazine rings is 1. The Kier molecular flexibility index (Phi) is 5.20. The number of hydrogen-bond acceptors (Lipinski definition) is 2. The molecule has 1 fully saturated rings. The Morgan fingerprint density at radius 2 is 2.16 bits per heavy atom. The summed E-state index contributed by atoms with van der Waals surface area (Å²) in [6.45, 7) is 7.26. The summed E-state index contributed by atoms with van der Waals surface area (Å²) in [5.74, 6) is -0.271. The van der Waals surface area contributed by atoms with Crippen LogP contribution in [0.1, 0.15) is 32.3 Å². The molecule has 1 aliphatic heterocycles. The van der Waals surface area contributed by atoms with Crippen molar-refractivity contribution in [1.82, 2.24) is 10.2 Å². The van der Waals surface area contributed by atoms with Gasteiger partial charge < -0.3 is 5.32 Å². The van der Waals surface area contributed by atoms with Gasteiger partial charge in [0.2, 0.25) is 0 Å². The molecule has 0 aliphatic carbocycles. The molecular weight excluding hydrogens is 263 g/mol. The summed E-state index contributed by atoms with van der Waals surface area (Å²) in [4.78, 5) is 2.46. The Bertz CT molecular complexity index is 425. The lowest BCUT2D eigenvalue weighted by Gasteiger charge is -2.40. The summed E-state index contributed by atoms with van der Waals surface area (Å²) in [6.07, 6.45) is 2.24. The van der Waals surface area contributed by atoms with Crippen LogP contribution in [0.25, 0.3) is 0 Å². The summed E-state index contributed by atoms with van der Waals surface area (Å²) < 4.78 is 13.1. The molecule has 4 heteroatoms. The van der Waals surface area contributed by atoms with Gasteiger partial charge >= 0.3 is 0 Å². The molecule has 2 unspecified atom stereocenters. The van der Waals surface area contributed by atoms with E-state index in [4.69, 9.17) is 11.6 Å². The molecule has 1 heterocycles. The largest absolute Gasteiger partial charge is 0.311 e. The maximum absolute atomic E-state index is 13.1. The van der Waals surface area contributed by atoms with Crippen LogP contribution in [0.5, 0.6) is 0 Å². The molecule has 0 spiro atoms. The molecule has 0 amide bonds. The fraction of sp³-hybridized carbons (Fsp3) is 0.600. The first kappa shape index (κ1) is 14.8. The highest BCUT2D eigenvalue weighted by Crippen LogP contribution is 2.22. The van der Waals surface area contributed by atoms with Gasteiger partial charge in [0, 0.05) is 36.7 Å². The van der Waals surface area contributed by atoms with Crippen molar-refractivity contribution in [3.05, 3.63) is 34.6 Å². The van der Waals surface area contributed by atoms with Gasteiger partial charge in [-0.15, -0.1) is 0 Å². The molecule has 0 radical (unpaired) electrons. The van der Waals surface area contributed by atoms with Crippen molar-refractivity contribution in [2.75, 3.05) is 13.1 Å². The van der Waals surface area contributed by atoms with Crippen LogP contribution in [-0.2, 0) is 6.54 Å². The average molecular weight is 285 g/mol. The zero-order chi connectivity index (χ0) is 13.8. The van der Waals surface area contributed by atoms with E-state index < -0.39 is 0 Å². The number of nitrogens with one attached hydrogen (secondary N) is 1. The second kappa shape index (κ2) is 6.69. The third kappa shape index (κ3) is 3.68. The number of rotatable bonds is 4. The lowest BCUT2D eigenvalue weighted by molar-refractivity contribution is 0.117. The van der Waals surface area contributed by atoms with Crippen LogP contribution in [0.15, 0.2) is 18.2 Å². The summed E-state index contributed by atoms with van der Waals surface area (Å²) in [5.41, 5.74) is 1.01. The molecule has 1 N–H and O–H groups in total. The van der Waals surface area contributed by atoms with E-state index in [1.165, 1.54) is 12.1 Å².